The first-order chi connectivity index (χ1) is 19.0. The van der Waals surface area contributed by atoms with Crippen LogP contribution in [0.15, 0.2) is 85.3 Å². The minimum Gasteiger partial charge on any atom is -0.495 e. The minimum atomic E-state index is -1.07. The lowest BCUT2D eigenvalue weighted by Gasteiger charge is -2.19. The van der Waals surface area contributed by atoms with Gasteiger partial charge in [0.25, 0.3) is 5.91 Å². The Hall–Kier alpha value is -4.76. The normalized spacial score (nSPS) is 11.7. The standard InChI is InChI=1S/C29H24ClN5O4/c1-38-26-10-9-20(14-24(26)30)27(29(37)39-2)32-28(36)23-6-4-3-5-22(23)16-35-17-25(33-34-35)19-7-8-21-15-31-12-11-18(21)13-19/h3-15,17,27H,16H2,1-2H3,(H,32,36). The summed E-state index contributed by atoms with van der Waals surface area (Å²) in [6, 6.07) is 18.8. The third kappa shape index (κ3) is 5.58. The van der Waals surface area contributed by atoms with E-state index in [1.807, 2.05) is 48.8 Å². The maximum atomic E-state index is 13.4. The molecular weight excluding hydrogens is 518 g/mol. The van der Waals surface area contributed by atoms with Gasteiger partial charge < -0.3 is 14.8 Å². The molecule has 0 radical (unpaired) electrons. The molecule has 0 aliphatic carbocycles. The van der Waals surface area contributed by atoms with Crippen LogP contribution >= 0.6 is 11.6 Å². The summed E-state index contributed by atoms with van der Waals surface area (Å²) in [7, 11) is 2.75. The van der Waals surface area contributed by atoms with Crippen molar-refractivity contribution in [2.75, 3.05) is 14.2 Å². The molecule has 10 heteroatoms. The number of carbonyl (C=O) groups excluding carboxylic acids is 2. The number of aromatic nitrogens is 4. The van der Waals surface area contributed by atoms with Gasteiger partial charge in [-0.15, -0.1) is 5.10 Å². The molecule has 3 aromatic carbocycles. The highest BCUT2D eigenvalue weighted by Crippen LogP contribution is 2.28. The van der Waals surface area contributed by atoms with Crippen LogP contribution in [0.25, 0.3) is 22.0 Å². The van der Waals surface area contributed by atoms with Crippen molar-refractivity contribution in [2.45, 2.75) is 12.6 Å². The maximum Gasteiger partial charge on any atom is 0.333 e. The summed E-state index contributed by atoms with van der Waals surface area (Å²) in [5.41, 5.74) is 3.18. The molecule has 0 bridgehead atoms. The number of rotatable bonds is 8. The summed E-state index contributed by atoms with van der Waals surface area (Å²) < 4.78 is 11.8. The van der Waals surface area contributed by atoms with E-state index < -0.39 is 17.9 Å². The predicted molar refractivity (Wildman–Crippen MR) is 147 cm³/mol. The highest BCUT2D eigenvalue weighted by atomic mass is 35.5. The van der Waals surface area contributed by atoms with E-state index in [1.54, 1.807) is 41.2 Å². The molecule has 5 aromatic rings. The van der Waals surface area contributed by atoms with Gasteiger partial charge in [-0.05, 0) is 46.8 Å². The number of hydrogen-bond acceptors (Lipinski definition) is 7. The number of benzene rings is 3. The number of hydrogen-bond donors (Lipinski definition) is 1. The Morgan fingerprint density at radius 3 is 2.67 bits per heavy atom. The third-order valence-electron chi connectivity index (χ3n) is 6.29. The van der Waals surface area contributed by atoms with Crippen LogP contribution < -0.4 is 10.1 Å². The molecule has 2 aromatic heterocycles. The van der Waals surface area contributed by atoms with Crippen molar-refractivity contribution < 1.29 is 19.1 Å². The zero-order valence-electron chi connectivity index (χ0n) is 21.2. The van der Waals surface area contributed by atoms with E-state index in [1.165, 1.54) is 14.2 Å². The Morgan fingerprint density at radius 1 is 1.03 bits per heavy atom. The van der Waals surface area contributed by atoms with Crippen LogP contribution in [0, 0.1) is 0 Å². The van der Waals surface area contributed by atoms with Crippen molar-refractivity contribution in [3.8, 4) is 17.0 Å². The minimum absolute atomic E-state index is 0.297. The fourth-order valence-corrected chi connectivity index (χ4v) is 4.54. The second-order valence-corrected chi connectivity index (χ2v) is 9.13. The van der Waals surface area contributed by atoms with Gasteiger partial charge in [-0.25, -0.2) is 9.48 Å². The van der Waals surface area contributed by atoms with Crippen LogP contribution in [0.3, 0.4) is 0 Å². The lowest BCUT2D eigenvalue weighted by atomic mass is 10.0. The van der Waals surface area contributed by atoms with E-state index in [-0.39, 0.29) is 0 Å². The number of nitrogens with zero attached hydrogens (tertiary/aromatic N) is 4. The Bertz CT molecular complexity index is 1670. The number of fused-ring (bicyclic) bond motifs is 1. The highest BCUT2D eigenvalue weighted by Gasteiger charge is 2.26. The number of carbonyl (C=O) groups is 2. The summed E-state index contributed by atoms with van der Waals surface area (Å²) in [5, 5.41) is 13.8. The van der Waals surface area contributed by atoms with Crippen LogP contribution in [0.2, 0.25) is 5.02 Å². The van der Waals surface area contributed by atoms with Gasteiger partial charge in [-0.3, -0.25) is 9.78 Å². The van der Waals surface area contributed by atoms with E-state index in [2.05, 4.69) is 20.6 Å². The van der Waals surface area contributed by atoms with Crippen molar-refractivity contribution in [3.05, 3.63) is 107 Å². The van der Waals surface area contributed by atoms with Gasteiger partial charge in [0.05, 0.1) is 32.0 Å². The van der Waals surface area contributed by atoms with E-state index in [0.29, 0.717) is 39.7 Å². The number of ether oxygens (including phenoxy) is 2. The van der Waals surface area contributed by atoms with Crippen LogP contribution in [0.4, 0.5) is 0 Å². The van der Waals surface area contributed by atoms with Gasteiger partial charge in [0, 0.05) is 28.9 Å². The Kier molecular flexibility index (Phi) is 7.51. The number of amides is 1. The summed E-state index contributed by atoms with van der Waals surface area (Å²) in [4.78, 5) is 30.1. The lowest BCUT2D eigenvalue weighted by Crippen LogP contribution is -2.35. The first-order valence-electron chi connectivity index (χ1n) is 12.0. The van der Waals surface area contributed by atoms with Gasteiger partial charge in [0.15, 0.2) is 6.04 Å². The zero-order valence-corrected chi connectivity index (χ0v) is 21.9. The second kappa shape index (κ2) is 11.3. The lowest BCUT2D eigenvalue weighted by molar-refractivity contribution is -0.143. The van der Waals surface area contributed by atoms with E-state index >= 15 is 0 Å². The number of pyridine rings is 1. The summed E-state index contributed by atoms with van der Waals surface area (Å²) in [6.07, 6.45) is 5.39. The Balaban J connectivity index is 1.38. The molecule has 5 rings (SSSR count). The van der Waals surface area contributed by atoms with Crippen molar-refractivity contribution in [2.24, 2.45) is 0 Å². The van der Waals surface area contributed by atoms with Gasteiger partial charge >= 0.3 is 5.97 Å². The topological polar surface area (TPSA) is 108 Å². The van der Waals surface area contributed by atoms with Gasteiger partial charge in [-0.2, -0.15) is 0 Å². The molecule has 1 atom stereocenters. The number of halogens is 1. The van der Waals surface area contributed by atoms with Gasteiger partial charge in [-0.1, -0.05) is 53.2 Å². The quantitative estimate of drug-likeness (QED) is 0.280. The Labute approximate surface area is 229 Å². The summed E-state index contributed by atoms with van der Waals surface area (Å²) >= 11 is 6.26. The van der Waals surface area contributed by atoms with Gasteiger partial charge in [0.2, 0.25) is 0 Å². The summed E-state index contributed by atoms with van der Waals surface area (Å²) in [5.74, 6) is -0.626. The van der Waals surface area contributed by atoms with E-state index in [4.69, 9.17) is 21.1 Å². The average molecular weight is 542 g/mol. The second-order valence-electron chi connectivity index (χ2n) is 8.72. The predicted octanol–water partition coefficient (Wildman–Crippen LogP) is 4.85. The van der Waals surface area contributed by atoms with Crippen molar-refractivity contribution >= 4 is 34.2 Å². The number of methoxy groups -OCH3 is 2. The largest absolute Gasteiger partial charge is 0.495 e. The summed E-state index contributed by atoms with van der Waals surface area (Å²) in [6.45, 7) is 0.297. The van der Waals surface area contributed by atoms with Crippen molar-refractivity contribution in [1.82, 2.24) is 25.3 Å². The zero-order chi connectivity index (χ0) is 27.4. The molecule has 0 fully saturated rings. The monoisotopic (exact) mass is 541 g/mol. The molecule has 1 amide bonds. The average Bonchev–Trinajstić information content (AvgIpc) is 3.44. The van der Waals surface area contributed by atoms with Crippen LogP contribution in [-0.2, 0) is 16.1 Å². The van der Waals surface area contributed by atoms with E-state index in [0.717, 1.165) is 16.3 Å². The molecule has 196 valence electrons. The first-order valence-corrected chi connectivity index (χ1v) is 12.4. The molecule has 9 nitrogen and oxygen atoms in total. The SMILES string of the molecule is COC(=O)C(NC(=O)c1ccccc1Cn1cc(-c2ccc3cnccc3c2)nn1)c1ccc(OC)c(Cl)c1. The fourth-order valence-electron chi connectivity index (χ4n) is 4.27. The van der Waals surface area contributed by atoms with Crippen molar-refractivity contribution in [3.63, 3.8) is 0 Å². The fraction of sp³-hybridized carbons (Fsp3) is 0.138. The maximum absolute atomic E-state index is 13.4. The molecule has 0 aliphatic heterocycles. The van der Waals surface area contributed by atoms with Crippen LogP contribution in [-0.4, -0.2) is 46.1 Å². The highest BCUT2D eigenvalue weighted by molar-refractivity contribution is 6.32. The van der Waals surface area contributed by atoms with Crippen LogP contribution in [0.1, 0.15) is 27.5 Å². The van der Waals surface area contributed by atoms with Crippen molar-refractivity contribution in [1.29, 1.82) is 0 Å². The molecular formula is C29H24ClN5O4. The van der Waals surface area contributed by atoms with Crippen LogP contribution in [0.5, 0.6) is 5.75 Å². The molecule has 39 heavy (non-hydrogen) atoms. The number of esters is 1. The molecule has 0 saturated carbocycles. The molecule has 0 aliphatic rings. The van der Waals surface area contributed by atoms with E-state index in [9.17, 15) is 9.59 Å². The van der Waals surface area contributed by atoms with Gasteiger partial charge in [0.1, 0.15) is 11.4 Å². The molecule has 0 spiro atoms. The Morgan fingerprint density at radius 2 is 1.87 bits per heavy atom. The molecule has 1 N–H and O–H groups in total. The molecule has 1 unspecified atom stereocenters. The third-order valence-corrected chi connectivity index (χ3v) is 6.59. The smallest absolute Gasteiger partial charge is 0.333 e. The molecule has 2 heterocycles. The molecule has 0 saturated heterocycles. The first kappa shape index (κ1) is 25.9. The number of nitrogens with one attached hydrogen (secondary N) is 1.